The van der Waals surface area contributed by atoms with Crippen molar-refractivity contribution in [1.29, 1.82) is 0 Å². The summed E-state index contributed by atoms with van der Waals surface area (Å²) in [7, 11) is 0. The standard InChI is InChI=1S/C14H13Cl2N3O2S/c15-7-12-17-14(22-19-12)18-13(20)8-3-4-21-11-2-1-10(16)6-9(11)5-8/h1-2,6,8H,3-5,7H2,(H,17,18,19,20). The summed E-state index contributed by atoms with van der Waals surface area (Å²) in [6.07, 6.45) is 1.22. The molecule has 2 aromatic rings. The van der Waals surface area contributed by atoms with E-state index >= 15 is 0 Å². The molecule has 0 fully saturated rings. The lowest BCUT2D eigenvalue weighted by Crippen LogP contribution is -2.25. The van der Waals surface area contributed by atoms with Crippen LogP contribution in [0.3, 0.4) is 0 Å². The van der Waals surface area contributed by atoms with Crippen molar-refractivity contribution in [2.24, 2.45) is 5.92 Å². The first-order valence-corrected chi connectivity index (χ1v) is 8.45. The molecule has 1 unspecified atom stereocenters. The topological polar surface area (TPSA) is 64.1 Å². The molecule has 2 heterocycles. The number of fused-ring (bicyclic) bond motifs is 1. The summed E-state index contributed by atoms with van der Waals surface area (Å²) in [4.78, 5) is 16.6. The van der Waals surface area contributed by atoms with E-state index in [1.807, 2.05) is 12.1 Å². The summed E-state index contributed by atoms with van der Waals surface area (Å²) in [5.41, 5.74) is 0.948. The SMILES string of the molecule is O=C(Nc1nc(CCl)ns1)C1CCOc2ccc(Cl)cc2C1. The molecule has 0 aliphatic carbocycles. The number of benzene rings is 1. The molecular formula is C14H13Cl2N3O2S. The molecule has 1 aliphatic heterocycles. The maximum atomic E-state index is 12.4. The molecule has 1 aromatic carbocycles. The largest absolute Gasteiger partial charge is 0.493 e. The Hall–Kier alpha value is -1.37. The van der Waals surface area contributed by atoms with Crippen LogP contribution in [0.4, 0.5) is 5.13 Å². The van der Waals surface area contributed by atoms with Gasteiger partial charge in [-0.05, 0) is 36.6 Å². The fraction of sp³-hybridized carbons (Fsp3) is 0.357. The van der Waals surface area contributed by atoms with Gasteiger partial charge in [-0.25, -0.2) is 4.98 Å². The van der Waals surface area contributed by atoms with Gasteiger partial charge in [-0.2, -0.15) is 4.37 Å². The molecule has 22 heavy (non-hydrogen) atoms. The summed E-state index contributed by atoms with van der Waals surface area (Å²) in [5, 5.41) is 3.91. The first kappa shape index (κ1) is 15.5. The van der Waals surface area contributed by atoms with Crippen molar-refractivity contribution >= 4 is 45.8 Å². The summed E-state index contributed by atoms with van der Waals surface area (Å²) < 4.78 is 9.71. The fourth-order valence-corrected chi connectivity index (χ4v) is 3.29. The fourth-order valence-electron chi connectivity index (χ4n) is 2.32. The summed E-state index contributed by atoms with van der Waals surface area (Å²) >= 11 is 12.8. The third kappa shape index (κ3) is 3.51. The number of hydrogen-bond acceptors (Lipinski definition) is 5. The van der Waals surface area contributed by atoms with Crippen LogP contribution in [-0.4, -0.2) is 21.9 Å². The van der Waals surface area contributed by atoms with Gasteiger partial charge >= 0.3 is 0 Å². The number of anilines is 1. The van der Waals surface area contributed by atoms with E-state index in [-0.39, 0.29) is 17.7 Å². The molecule has 0 spiro atoms. The van der Waals surface area contributed by atoms with Crippen molar-refractivity contribution in [3.63, 3.8) is 0 Å². The Balaban J connectivity index is 1.72. The minimum absolute atomic E-state index is 0.0892. The quantitative estimate of drug-likeness (QED) is 0.853. The second kappa shape index (κ2) is 6.81. The Labute approximate surface area is 141 Å². The number of nitrogens with one attached hydrogen (secondary N) is 1. The molecule has 8 heteroatoms. The average molecular weight is 358 g/mol. The number of carbonyl (C=O) groups is 1. The van der Waals surface area contributed by atoms with Crippen LogP contribution < -0.4 is 10.1 Å². The number of halogens is 2. The van der Waals surface area contributed by atoms with Gasteiger partial charge in [0.15, 0.2) is 5.82 Å². The molecule has 1 aliphatic rings. The van der Waals surface area contributed by atoms with E-state index < -0.39 is 0 Å². The highest BCUT2D eigenvalue weighted by atomic mass is 35.5. The number of ether oxygens (including phenoxy) is 1. The van der Waals surface area contributed by atoms with Crippen LogP contribution >= 0.6 is 34.7 Å². The molecule has 0 saturated heterocycles. The zero-order valence-corrected chi connectivity index (χ0v) is 13.8. The van der Waals surface area contributed by atoms with Crippen molar-refractivity contribution in [3.8, 4) is 5.75 Å². The number of rotatable bonds is 3. The van der Waals surface area contributed by atoms with E-state index in [0.29, 0.717) is 35.4 Å². The first-order valence-electron chi connectivity index (χ1n) is 6.76. The Bertz CT molecular complexity index is 692. The van der Waals surface area contributed by atoms with Gasteiger partial charge in [-0.3, -0.25) is 4.79 Å². The third-order valence-electron chi connectivity index (χ3n) is 3.40. The van der Waals surface area contributed by atoms with E-state index in [9.17, 15) is 4.79 Å². The smallest absolute Gasteiger partial charge is 0.229 e. The summed E-state index contributed by atoms with van der Waals surface area (Å²) in [6.45, 7) is 0.496. The molecule has 1 aromatic heterocycles. The molecule has 1 atom stereocenters. The lowest BCUT2D eigenvalue weighted by Gasteiger charge is -2.12. The molecule has 1 amide bonds. The minimum Gasteiger partial charge on any atom is -0.493 e. The van der Waals surface area contributed by atoms with Crippen LogP contribution in [0.5, 0.6) is 5.75 Å². The Kier molecular flexibility index (Phi) is 4.81. The minimum atomic E-state index is -0.192. The second-order valence-electron chi connectivity index (χ2n) is 4.93. The number of aromatic nitrogens is 2. The lowest BCUT2D eigenvalue weighted by atomic mass is 9.96. The van der Waals surface area contributed by atoms with Gasteiger partial charge in [0.2, 0.25) is 11.0 Å². The van der Waals surface area contributed by atoms with Crippen LogP contribution in [0.15, 0.2) is 18.2 Å². The van der Waals surface area contributed by atoms with Gasteiger partial charge in [0, 0.05) is 22.5 Å². The Morgan fingerprint density at radius 2 is 2.36 bits per heavy atom. The highest BCUT2D eigenvalue weighted by Gasteiger charge is 2.25. The number of amides is 1. The van der Waals surface area contributed by atoms with E-state index in [2.05, 4.69) is 14.7 Å². The van der Waals surface area contributed by atoms with E-state index in [1.54, 1.807) is 6.07 Å². The molecular weight excluding hydrogens is 345 g/mol. The van der Waals surface area contributed by atoms with Crippen molar-refractivity contribution in [2.75, 3.05) is 11.9 Å². The monoisotopic (exact) mass is 357 g/mol. The molecule has 0 bridgehead atoms. The van der Waals surface area contributed by atoms with Crippen molar-refractivity contribution < 1.29 is 9.53 Å². The average Bonchev–Trinajstić information content (AvgIpc) is 2.85. The summed E-state index contributed by atoms with van der Waals surface area (Å²) in [6, 6.07) is 5.48. The molecule has 1 N–H and O–H groups in total. The molecule has 116 valence electrons. The highest BCUT2D eigenvalue weighted by molar-refractivity contribution is 7.09. The van der Waals surface area contributed by atoms with E-state index in [0.717, 1.165) is 22.8 Å². The number of alkyl halides is 1. The maximum absolute atomic E-state index is 12.4. The third-order valence-corrected chi connectivity index (χ3v) is 4.54. The van der Waals surface area contributed by atoms with Crippen molar-refractivity contribution in [3.05, 3.63) is 34.6 Å². The predicted octanol–water partition coefficient (Wildman–Crippen LogP) is 3.51. The van der Waals surface area contributed by atoms with Gasteiger partial charge < -0.3 is 10.1 Å². The van der Waals surface area contributed by atoms with Crippen molar-refractivity contribution in [1.82, 2.24) is 9.36 Å². The van der Waals surface area contributed by atoms with E-state index in [1.165, 1.54) is 0 Å². The van der Waals surface area contributed by atoms with Gasteiger partial charge in [-0.15, -0.1) is 11.6 Å². The van der Waals surface area contributed by atoms with E-state index in [4.69, 9.17) is 27.9 Å². The number of carbonyl (C=O) groups excluding carboxylic acids is 1. The van der Waals surface area contributed by atoms with Crippen LogP contribution in [0.2, 0.25) is 5.02 Å². The lowest BCUT2D eigenvalue weighted by molar-refractivity contribution is -0.120. The second-order valence-corrected chi connectivity index (χ2v) is 6.38. The van der Waals surface area contributed by atoms with Gasteiger partial charge in [0.25, 0.3) is 0 Å². The normalized spacial score (nSPS) is 17.3. The summed E-state index contributed by atoms with van der Waals surface area (Å²) in [5.74, 6) is 1.26. The molecule has 0 radical (unpaired) electrons. The van der Waals surface area contributed by atoms with Crippen LogP contribution in [-0.2, 0) is 17.1 Å². The first-order chi connectivity index (χ1) is 10.7. The van der Waals surface area contributed by atoms with Crippen LogP contribution in [0.1, 0.15) is 17.8 Å². The zero-order chi connectivity index (χ0) is 15.5. The Morgan fingerprint density at radius 3 is 3.14 bits per heavy atom. The van der Waals surface area contributed by atoms with Crippen LogP contribution in [0.25, 0.3) is 0 Å². The zero-order valence-electron chi connectivity index (χ0n) is 11.5. The predicted molar refractivity (Wildman–Crippen MR) is 86.9 cm³/mol. The van der Waals surface area contributed by atoms with Crippen molar-refractivity contribution in [2.45, 2.75) is 18.7 Å². The van der Waals surface area contributed by atoms with Gasteiger partial charge in [0.05, 0.1) is 12.5 Å². The van der Waals surface area contributed by atoms with Gasteiger partial charge in [-0.1, -0.05) is 11.6 Å². The molecule has 0 saturated carbocycles. The number of hydrogen-bond donors (Lipinski definition) is 1. The number of nitrogens with zero attached hydrogens (tertiary/aromatic N) is 2. The molecule has 3 rings (SSSR count). The van der Waals surface area contributed by atoms with Crippen LogP contribution in [0, 0.1) is 5.92 Å². The molecule has 5 nitrogen and oxygen atoms in total. The maximum Gasteiger partial charge on any atom is 0.229 e. The Morgan fingerprint density at radius 1 is 1.50 bits per heavy atom. The highest BCUT2D eigenvalue weighted by Crippen LogP contribution is 2.30. The van der Waals surface area contributed by atoms with Gasteiger partial charge in [0.1, 0.15) is 5.75 Å².